The van der Waals surface area contributed by atoms with Gasteiger partial charge in [0.25, 0.3) is 0 Å². The average Bonchev–Trinajstić information content (AvgIpc) is 2.75. The molecule has 0 amide bonds. The summed E-state index contributed by atoms with van der Waals surface area (Å²) in [5, 5.41) is 4.32. The first-order chi connectivity index (χ1) is 9.74. The number of hydrogen-bond acceptors (Lipinski definition) is 4. The molecule has 0 radical (unpaired) electrons. The van der Waals surface area contributed by atoms with E-state index >= 15 is 0 Å². The molecule has 0 saturated heterocycles. The summed E-state index contributed by atoms with van der Waals surface area (Å²) < 4.78 is 20.1. The SMILES string of the molecule is CCCCOCCOCCOCCn1cc(Br)c(I)n1. The van der Waals surface area contributed by atoms with Gasteiger partial charge in [-0.3, -0.25) is 4.68 Å². The smallest absolute Gasteiger partial charge is 0.137 e. The van der Waals surface area contributed by atoms with Gasteiger partial charge in [-0.2, -0.15) is 5.10 Å². The van der Waals surface area contributed by atoms with Crippen molar-refractivity contribution in [2.24, 2.45) is 0 Å². The van der Waals surface area contributed by atoms with Crippen LogP contribution in [-0.2, 0) is 20.8 Å². The Morgan fingerprint density at radius 3 is 2.25 bits per heavy atom. The molecule has 1 aromatic rings. The summed E-state index contributed by atoms with van der Waals surface area (Å²) in [6.45, 7) is 6.89. The van der Waals surface area contributed by atoms with Gasteiger partial charge in [-0.05, 0) is 44.9 Å². The van der Waals surface area contributed by atoms with E-state index in [1.54, 1.807) is 0 Å². The Labute approximate surface area is 142 Å². The largest absolute Gasteiger partial charge is 0.379 e. The Kier molecular flexibility index (Phi) is 10.9. The monoisotopic (exact) mass is 460 g/mol. The van der Waals surface area contributed by atoms with Crippen molar-refractivity contribution in [3.8, 4) is 0 Å². The number of rotatable bonds is 12. The van der Waals surface area contributed by atoms with Gasteiger partial charge in [-0.1, -0.05) is 13.3 Å². The van der Waals surface area contributed by atoms with E-state index in [1.165, 1.54) is 6.42 Å². The molecule has 20 heavy (non-hydrogen) atoms. The fourth-order valence-electron chi connectivity index (χ4n) is 1.43. The van der Waals surface area contributed by atoms with E-state index in [2.05, 4.69) is 50.5 Å². The highest BCUT2D eigenvalue weighted by molar-refractivity contribution is 14.1. The van der Waals surface area contributed by atoms with Crippen LogP contribution in [0.1, 0.15) is 19.8 Å². The number of aromatic nitrogens is 2. The molecule has 0 aliphatic carbocycles. The molecule has 1 heterocycles. The first kappa shape index (κ1) is 18.3. The summed E-state index contributed by atoms with van der Waals surface area (Å²) >= 11 is 5.61. The van der Waals surface area contributed by atoms with Crippen molar-refractivity contribution in [2.45, 2.75) is 26.3 Å². The molecule has 0 aromatic carbocycles. The van der Waals surface area contributed by atoms with Crippen LogP contribution in [0.15, 0.2) is 10.7 Å². The first-order valence-electron chi connectivity index (χ1n) is 6.85. The van der Waals surface area contributed by atoms with E-state index in [9.17, 15) is 0 Å². The maximum Gasteiger partial charge on any atom is 0.137 e. The minimum absolute atomic E-state index is 0.606. The molecule has 0 unspecified atom stereocenters. The van der Waals surface area contributed by atoms with Crippen LogP contribution in [0.4, 0.5) is 0 Å². The van der Waals surface area contributed by atoms with Crippen molar-refractivity contribution in [2.75, 3.05) is 39.6 Å². The van der Waals surface area contributed by atoms with E-state index in [0.29, 0.717) is 33.0 Å². The lowest BCUT2D eigenvalue weighted by molar-refractivity contribution is 0.0123. The van der Waals surface area contributed by atoms with Gasteiger partial charge in [0.1, 0.15) is 3.70 Å². The molecular formula is C13H22BrIN2O3. The van der Waals surface area contributed by atoms with Gasteiger partial charge in [0.05, 0.1) is 44.1 Å². The molecule has 1 rings (SSSR count). The van der Waals surface area contributed by atoms with Crippen LogP contribution in [-0.4, -0.2) is 49.4 Å². The Hall–Kier alpha value is 0.300. The van der Waals surface area contributed by atoms with Crippen molar-refractivity contribution in [3.63, 3.8) is 0 Å². The van der Waals surface area contributed by atoms with Crippen molar-refractivity contribution < 1.29 is 14.2 Å². The molecule has 0 fully saturated rings. The number of ether oxygens (including phenoxy) is 3. The summed E-state index contributed by atoms with van der Waals surface area (Å²) in [4.78, 5) is 0. The van der Waals surface area contributed by atoms with Gasteiger partial charge in [-0.25, -0.2) is 0 Å². The lowest BCUT2D eigenvalue weighted by Crippen LogP contribution is -2.12. The topological polar surface area (TPSA) is 45.5 Å². The minimum Gasteiger partial charge on any atom is -0.379 e. The zero-order valence-electron chi connectivity index (χ0n) is 11.8. The minimum atomic E-state index is 0.606. The average molecular weight is 461 g/mol. The van der Waals surface area contributed by atoms with E-state index in [-0.39, 0.29) is 0 Å². The van der Waals surface area contributed by atoms with Gasteiger partial charge in [-0.15, -0.1) is 0 Å². The Balaban J connectivity index is 1.85. The zero-order chi connectivity index (χ0) is 14.6. The van der Waals surface area contributed by atoms with E-state index in [4.69, 9.17) is 14.2 Å². The zero-order valence-corrected chi connectivity index (χ0v) is 15.6. The Morgan fingerprint density at radius 1 is 1.10 bits per heavy atom. The fraction of sp³-hybridized carbons (Fsp3) is 0.769. The van der Waals surface area contributed by atoms with Gasteiger partial charge < -0.3 is 14.2 Å². The molecular weight excluding hydrogens is 439 g/mol. The standard InChI is InChI=1S/C13H22BrIN2O3/c1-2-3-5-18-7-9-20-10-8-19-6-4-17-11-12(14)13(15)16-17/h11H,2-10H2,1H3. The lowest BCUT2D eigenvalue weighted by atomic mass is 10.4. The Bertz CT molecular complexity index is 344. The number of halogens is 2. The maximum atomic E-state index is 5.49. The van der Waals surface area contributed by atoms with Crippen LogP contribution >= 0.6 is 38.5 Å². The number of hydrogen-bond donors (Lipinski definition) is 0. The molecule has 0 spiro atoms. The molecule has 1 aromatic heterocycles. The van der Waals surface area contributed by atoms with Crippen LogP contribution in [0.25, 0.3) is 0 Å². The summed E-state index contributed by atoms with van der Waals surface area (Å²) in [6.07, 6.45) is 4.24. The summed E-state index contributed by atoms with van der Waals surface area (Å²) in [7, 11) is 0. The van der Waals surface area contributed by atoms with Crippen molar-refractivity contribution in [3.05, 3.63) is 14.4 Å². The maximum absolute atomic E-state index is 5.49. The third-order valence-electron chi connectivity index (χ3n) is 2.53. The normalized spacial score (nSPS) is 11.2. The van der Waals surface area contributed by atoms with Crippen LogP contribution in [0.3, 0.4) is 0 Å². The van der Waals surface area contributed by atoms with Gasteiger partial charge >= 0.3 is 0 Å². The summed E-state index contributed by atoms with van der Waals surface area (Å²) in [5.74, 6) is 0. The van der Waals surface area contributed by atoms with Gasteiger partial charge in [0.2, 0.25) is 0 Å². The summed E-state index contributed by atoms with van der Waals surface area (Å²) in [6, 6.07) is 0. The van der Waals surface area contributed by atoms with Crippen LogP contribution in [0, 0.1) is 3.70 Å². The fourth-order valence-corrected chi connectivity index (χ4v) is 2.17. The molecule has 116 valence electrons. The quantitative estimate of drug-likeness (QED) is 0.355. The Morgan fingerprint density at radius 2 is 1.70 bits per heavy atom. The highest BCUT2D eigenvalue weighted by atomic mass is 127. The van der Waals surface area contributed by atoms with E-state index < -0.39 is 0 Å². The second-order valence-electron chi connectivity index (χ2n) is 4.22. The molecule has 0 atom stereocenters. The van der Waals surface area contributed by atoms with Crippen molar-refractivity contribution >= 4 is 38.5 Å². The first-order valence-corrected chi connectivity index (χ1v) is 8.73. The second kappa shape index (κ2) is 11.9. The van der Waals surface area contributed by atoms with Gasteiger partial charge in [0, 0.05) is 12.8 Å². The van der Waals surface area contributed by atoms with E-state index in [1.807, 2.05) is 10.9 Å². The van der Waals surface area contributed by atoms with Crippen LogP contribution < -0.4 is 0 Å². The third kappa shape index (κ3) is 8.56. The predicted octanol–water partition coefficient (Wildman–Crippen LogP) is 3.10. The highest BCUT2D eigenvalue weighted by Gasteiger charge is 2.02. The molecule has 0 aliphatic rings. The molecule has 0 bridgehead atoms. The molecule has 0 aliphatic heterocycles. The van der Waals surface area contributed by atoms with Gasteiger partial charge in [0.15, 0.2) is 0 Å². The van der Waals surface area contributed by atoms with Crippen molar-refractivity contribution in [1.29, 1.82) is 0 Å². The summed E-state index contributed by atoms with van der Waals surface area (Å²) in [5.41, 5.74) is 0. The second-order valence-corrected chi connectivity index (χ2v) is 6.10. The molecule has 7 heteroatoms. The lowest BCUT2D eigenvalue weighted by Gasteiger charge is -2.06. The molecule has 0 saturated carbocycles. The molecule has 0 N–H and O–H groups in total. The van der Waals surface area contributed by atoms with Crippen molar-refractivity contribution in [1.82, 2.24) is 9.78 Å². The van der Waals surface area contributed by atoms with Crippen LogP contribution in [0.2, 0.25) is 0 Å². The van der Waals surface area contributed by atoms with Crippen LogP contribution in [0.5, 0.6) is 0 Å². The predicted molar refractivity (Wildman–Crippen MR) is 90.0 cm³/mol. The van der Waals surface area contributed by atoms with E-state index in [0.717, 1.165) is 27.7 Å². The molecule has 5 nitrogen and oxygen atoms in total. The highest BCUT2D eigenvalue weighted by Crippen LogP contribution is 2.16. The number of unbranched alkanes of at least 4 members (excludes halogenated alkanes) is 1. The third-order valence-corrected chi connectivity index (χ3v) is 4.65. The number of nitrogens with zero attached hydrogens (tertiary/aromatic N) is 2.